The van der Waals surface area contributed by atoms with Crippen LogP contribution in [0.25, 0.3) is 0 Å². The van der Waals surface area contributed by atoms with Crippen molar-refractivity contribution in [3.8, 4) is 0 Å². The van der Waals surface area contributed by atoms with Crippen molar-refractivity contribution in [3.05, 3.63) is 22.7 Å². The van der Waals surface area contributed by atoms with E-state index in [4.69, 9.17) is 0 Å². The highest BCUT2D eigenvalue weighted by molar-refractivity contribution is 9.10. The van der Waals surface area contributed by atoms with E-state index in [1.807, 2.05) is 0 Å². The Kier molecular flexibility index (Phi) is 2.92. The summed E-state index contributed by atoms with van der Waals surface area (Å²) in [5.41, 5.74) is 1.30. The predicted molar refractivity (Wildman–Crippen MR) is 74.3 cm³/mol. The van der Waals surface area contributed by atoms with E-state index in [1.165, 1.54) is 47.2 Å². The van der Waals surface area contributed by atoms with Crippen LogP contribution < -0.4 is 5.32 Å². The zero-order valence-corrected chi connectivity index (χ0v) is 11.7. The fourth-order valence-electron chi connectivity index (χ4n) is 2.74. The predicted octanol–water partition coefficient (Wildman–Crippen LogP) is 4.67. The summed E-state index contributed by atoms with van der Waals surface area (Å²) in [6.45, 7) is 1.14. The van der Waals surface area contributed by atoms with Gasteiger partial charge in [-0.1, -0.05) is 25.3 Å². The number of hydrogen-bond donors (Lipinski definition) is 1. The van der Waals surface area contributed by atoms with Gasteiger partial charge in [-0.15, -0.1) is 11.8 Å². The van der Waals surface area contributed by atoms with Crippen molar-refractivity contribution < 1.29 is 0 Å². The van der Waals surface area contributed by atoms with Crippen molar-refractivity contribution in [2.75, 3.05) is 11.9 Å². The molecular weight excluding hydrogens is 282 g/mol. The lowest BCUT2D eigenvalue weighted by Gasteiger charge is -2.41. The summed E-state index contributed by atoms with van der Waals surface area (Å²) >= 11 is 5.77. The van der Waals surface area contributed by atoms with Gasteiger partial charge in [-0.05, 0) is 40.9 Å². The largest absolute Gasteiger partial charge is 0.383 e. The van der Waals surface area contributed by atoms with Gasteiger partial charge in [0.2, 0.25) is 0 Å². The van der Waals surface area contributed by atoms with Crippen LogP contribution in [0.1, 0.15) is 32.1 Å². The number of thioether (sulfide) groups is 1. The first-order chi connectivity index (χ1) is 7.79. The van der Waals surface area contributed by atoms with Gasteiger partial charge >= 0.3 is 0 Å². The highest BCUT2D eigenvalue weighted by atomic mass is 79.9. The van der Waals surface area contributed by atoms with Crippen LogP contribution in [0.15, 0.2) is 27.6 Å². The molecule has 1 saturated carbocycles. The van der Waals surface area contributed by atoms with Crippen LogP contribution in [0.5, 0.6) is 0 Å². The molecule has 0 saturated heterocycles. The minimum Gasteiger partial charge on any atom is -0.383 e. The Morgan fingerprint density at radius 2 is 2.00 bits per heavy atom. The Balaban J connectivity index is 1.92. The van der Waals surface area contributed by atoms with Gasteiger partial charge in [-0.3, -0.25) is 0 Å². The van der Waals surface area contributed by atoms with Gasteiger partial charge in [0.15, 0.2) is 0 Å². The van der Waals surface area contributed by atoms with E-state index in [-0.39, 0.29) is 0 Å². The third-order valence-electron chi connectivity index (χ3n) is 3.65. The average Bonchev–Trinajstić information content (AvgIpc) is 2.32. The summed E-state index contributed by atoms with van der Waals surface area (Å²) in [7, 11) is 0. The Bertz CT molecular complexity index is 399. The number of anilines is 1. The first-order valence-electron chi connectivity index (χ1n) is 6.01. The topological polar surface area (TPSA) is 12.0 Å². The molecule has 1 nitrogen and oxygen atoms in total. The molecule has 2 aliphatic rings. The van der Waals surface area contributed by atoms with Crippen molar-refractivity contribution in [2.45, 2.75) is 41.7 Å². The van der Waals surface area contributed by atoms with Gasteiger partial charge in [-0.2, -0.15) is 0 Å². The minimum atomic E-state index is 0.467. The van der Waals surface area contributed by atoms with Crippen LogP contribution >= 0.6 is 27.7 Å². The SMILES string of the molecule is Brc1cccc2c1SC1(CCCCC1)CN2. The molecule has 1 aliphatic carbocycles. The quantitative estimate of drug-likeness (QED) is 0.747. The Hall–Kier alpha value is -0.150. The van der Waals surface area contributed by atoms with Gasteiger partial charge < -0.3 is 5.32 Å². The van der Waals surface area contributed by atoms with E-state index in [9.17, 15) is 0 Å². The second-order valence-electron chi connectivity index (χ2n) is 4.82. The summed E-state index contributed by atoms with van der Waals surface area (Å²) in [4.78, 5) is 1.41. The van der Waals surface area contributed by atoms with E-state index in [0.29, 0.717) is 4.75 Å². The van der Waals surface area contributed by atoms with Crippen LogP contribution in [0.3, 0.4) is 0 Å². The van der Waals surface area contributed by atoms with Crippen LogP contribution in [0.2, 0.25) is 0 Å². The summed E-state index contributed by atoms with van der Waals surface area (Å²) in [6, 6.07) is 6.44. The Morgan fingerprint density at radius 1 is 1.19 bits per heavy atom. The third-order valence-corrected chi connectivity index (χ3v) is 6.20. The highest BCUT2D eigenvalue weighted by Crippen LogP contribution is 2.51. The van der Waals surface area contributed by atoms with E-state index in [0.717, 1.165) is 6.54 Å². The van der Waals surface area contributed by atoms with Gasteiger partial charge in [0, 0.05) is 26.3 Å². The van der Waals surface area contributed by atoms with E-state index in [2.05, 4.69) is 51.2 Å². The standard InChI is InChI=1S/C13H16BrNS/c14-10-5-4-6-11-12(10)16-13(9-15-11)7-2-1-3-8-13/h4-6,15H,1-3,7-9H2. The molecule has 0 atom stereocenters. The van der Waals surface area contributed by atoms with Crippen LogP contribution in [0, 0.1) is 0 Å². The van der Waals surface area contributed by atoms with E-state index >= 15 is 0 Å². The van der Waals surface area contributed by atoms with Gasteiger partial charge in [0.1, 0.15) is 0 Å². The molecule has 0 unspecified atom stereocenters. The Morgan fingerprint density at radius 3 is 2.81 bits per heavy atom. The maximum atomic E-state index is 3.67. The molecule has 86 valence electrons. The molecule has 1 aromatic rings. The van der Waals surface area contributed by atoms with Crippen molar-refractivity contribution in [3.63, 3.8) is 0 Å². The maximum absolute atomic E-state index is 3.67. The minimum absolute atomic E-state index is 0.467. The van der Waals surface area contributed by atoms with Crippen molar-refractivity contribution in [2.24, 2.45) is 0 Å². The molecule has 1 aliphatic heterocycles. The maximum Gasteiger partial charge on any atom is 0.0490 e. The molecule has 0 amide bonds. The second kappa shape index (κ2) is 4.26. The summed E-state index contributed by atoms with van der Waals surface area (Å²) in [6.07, 6.45) is 6.95. The fraction of sp³-hybridized carbons (Fsp3) is 0.538. The molecular formula is C13H16BrNS. The smallest absolute Gasteiger partial charge is 0.0490 e. The molecule has 1 spiro atoms. The average molecular weight is 298 g/mol. The lowest BCUT2D eigenvalue weighted by atomic mass is 9.88. The molecule has 16 heavy (non-hydrogen) atoms. The summed E-state index contributed by atoms with van der Waals surface area (Å²) in [5.74, 6) is 0. The molecule has 3 heteroatoms. The molecule has 1 aromatic carbocycles. The molecule has 1 N–H and O–H groups in total. The van der Waals surface area contributed by atoms with Gasteiger partial charge in [0.05, 0.1) is 0 Å². The number of nitrogens with one attached hydrogen (secondary N) is 1. The van der Waals surface area contributed by atoms with Crippen molar-refractivity contribution in [1.82, 2.24) is 0 Å². The Labute approximate surface area is 110 Å². The fourth-order valence-corrected chi connectivity index (χ4v) is 4.83. The summed E-state index contributed by atoms with van der Waals surface area (Å²) < 4.78 is 1.71. The lowest BCUT2D eigenvalue weighted by molar-refractivity contribution is 0.408. The number of fused-ring (bicyclic) bond motifs is 1. The molecule has 1 heterocycles. The summed E-state index contributed by atoms with van der Waals surface area (Å²) in [5, 5.41) is 3.61. The molecule has 0 radical (unpaired) electrons. The molecule has 0 aromatic heterocycles. The molecule has 1 fully saturated rings. The first-order valence-corrected chi connectivity index (χ1v) is 7.61. The lowest BCUT2D eigenvalue weighted by Crippen LogP contribution is -2.38. The normalized spacial score (nSPS) is 22.6. The number of benzene rings is 1. The van der Waals surface area contributed by atoms with Gasteiger partial charge in [-0.25, -0.2) is 0 Å². The molecule has 3 rings (SSSR count). The zero-order chi connectivity index (χ0) is 11.0. The van der Waals surface area contributed by atoms with Crippen LogP contribution in [-0.4, -0.2) is 11.3 Å². The van der Waals surface area contributed by atoms with Crippen LogP contribution in [0.4, 0.5) is 5.69 Å². The number of halogens is 1. The third kappa shape index (κ3) is 1.88. The van der Waals surface area contributed by atoms with E-state index in [1.54, 1.807) is 0 Å². The van der Waals surface area contributed by atoms with Crippen molar-refractivity contribution >= 4 is 33.4 Å². The van der Waals surface area contributed by atoms with Crippen molar-refractivity contribution in [1.29, 1.82) is 0 Å². The monoisotopic (exact) mass is 297 g/mol. The zero-order valence-electron chi connectivity index (χ0n) is 9.26. The van der Waals surface area contributed by atoms with Gasteiger partial charge in [0.25, 0.3) is 0 Å². The molecule has 0 bridgehead atoms. The number of rotatable bonds is 0. The second-order valence-corrected chi connectivity index (χ2v) is 7.15. The first kappa shape index (κ1) is 11.0. The van der Waals surface area contributed by atoms with Crippen LogP contribution in [-0.2, 0) is 0 Å². The highest BCUT2D eigenvalue weighted by Gasteiger charge is 2.37. The number of hydrogen-bond acceptors (Lipinski definition) is 2. The van der Waals surface area contributed by atoms with E-state index < -0.39 is 0 Å².